The Kier molecular flexibility index (Phi) is 6.96. The lowest BCUT2D eigenvalue weighted by molar-refractivity contribution is 0.160. The summed E-state index contributed by atoms with van der Waals surface area (Å²) in [6, 6.07) is 1.42. The van der Waals surface area contributed by atoms with Crippen molar-refractivity contribution in [1.29, 1.82) is 0 Å². The predicted molar refractivity (Wildman–Crippen MR) is 112 cm³/mol. The number of ether oxygens (including phenoxy) is 1. The van der Waals surface area contributed by atoms with Crippen LogP contribution in [0.2, 0.25) is 4.34 Å². The van der Waals surface area contributed by atoms with Crippen LogP contribution in [0.25, 0.3) is 0 Å². The number of thiazole rings is 1. The normalized spacial score (nSPS) is 10.4. The maximum atomic E-state index is 12.2. The van der Waals surface area contributed by atoms with Gasteiger partial charge in [-0.25, -0.2) is 14.6 Å². The number of carbonyl (C=O) groups is 2. The zero-order chi connectivity index (χ0) is 20.8. The SMILES string of the molecule is Cc1cnncc1OC(=O)N(C)Cc1csc(NC(=O)NCc2csc(Cl)c2)n1. The third-order valence-corrected chi connectivity index (χ3v) is 5.58. The Labute approximate surface area is 179 Å². The lowest BCUT2D eigenvalue weighted by atomic mass is 10.3. The van der Waals surface area contributed by atoms with Crippen molar-refractivity contribution in [1.82, 2.24) is 25.4 Å². The van der Waals surface area contributed by atoms with Crippen molar-refractivity contribution in [3.63, 3.8) is 0 Å². The van der Waals surface area contributed by atoms with Crippen LogP contribution in [-0.4, -0.2) is 39.3 Å². The molecule has 0 bridgehead atoms. The number of thiophene rings is 1. The molecule has 29 heavy (non-hydrogen) atoms. The van der Waals surface area contributed by atoms with E-state index in [4.69, 9.17) is 16.3 Å². The van der Waals surface area contributed by atoms with Crippen molar-refractivity contribution in [3.05, 3.63) is 50.4 Å². The number of hydrogen-bond acceptors (Lipinski definition) is 8. The fourth-order valence-corrected chi connectivity index (χ4v) is 3.76. The predicted octanol–water partition coefficient (Wildman–Crippen LogP) is 3.91. The molecule has 0 aliphatic carbocycles. The zero-order valence-corrected chi connectivity index (χ0v) is 17.9. The first kappa shape index (κ1) is 21.0. The summed E-state index contributed by atoms with van der Waals surface area (Å²) in [5, 5.41) is 16.9. The van der Waals surface area contributed by atoms with Crippen LogP contribution < -0.4 is 15.4 Å². The Morgan fingerprint density at radius 2 is 2.03 bits per heavy atom. The molecule has 9 nitrogen and oxygen atoms in total. The van der Waals surface area contributed by atoms with Crippen molar-refractivity contribution >= 4 is 51.5 Å². The summed E-state index contributed by atoms with van der Waals surface area (Å²) in [7, 11) is 1.59. The standard InChI is InChI=1S/C17H17ClN6O3S2/c1-10-4-20-21-6-13(10)27-17(26)24(2)7-12-9-29-16(22-12)23-15(25)19-5-11-3-14(18)28-8-11/h3-4,6,8-9H,5,7H2,1-2H3,(H2,19,22,23,25). The van der Waals surface area contributed by atoms with Crippen molar-refractivity contribution in [2.24, 2.45) is 0 Å². The first-order valence-corrected chi connectivity index (χ1v) is 10.5. The smallest absolute Gasteiger partial charge is 0.408 e. The minimum Gasteiger partial charge on any atom is -0.408 e. The third kappa shape index (κ3) is 6.11. The van der Waals surface area contributed by atoms with Gasteiger partial charge in [0.2, 0.25) is 0 Å². The summed E-state index contributed by atoms with van der Waals surface area (Å²) in [4.78, 5) is 29.9. The summed E-state index contributed by atoms with van der Waals surface area (Å²) in [5.41, 5.74) is 2.26. The molecule has 3 heterocycles. The molecular weight excluding hydrogens is 436 g/mol. The molecule has 3 rings (SSSR count). The van der Waals surface area contributed by atoms with E-state index in [0.717, 1.165) is 5.56 Å². The molecule has 152 valence electrons. The molecule has 0 aliphatic rings. The van der Waals surface area contributed by atoms with Gasteiger partial charge in [-0.05, 0) is 23.9 Å². The molecular formula is C17H17ClN6O3S2. The summed E-state index contributed by atoms with van der Waals surface area (Å²) in [6.07, 6.45) is 2.35. The molecule has 0 spiro atoms. The topological polar surface area (TPSA) is 109 Å². The monoisotopic (exact) mass is 452 g/mol. The maximum Gasteiger partial charge on any atom is 0.415 e. The van der Waals surface area contributed by atoms with E-state index in [-0.39, 0.29) is 12.6 Å². The molecule has 0 unspecified atom stereocenters. The van der Waals surface area contributed by atoms with Crippen molar-refractivity contribution in [2.45, 2.75) is 20.0 Å². The van der Waals surface area contributed by atoms with E-state index in [2.05, 4.69) is 25.8 Å². The summed E-state index contributed by atoms with van der Waals surface area (Å²) < 4.78 is 5.97. The highest BCUT2D eigenvalue weighted by Gasteiger charge is 2.15. The minimum absolute atomic E-state index is 0.226. The molecule has 3 amide bonds. The van der Waals surface area contributed by atoms with Gasteiger partial charge in [0.1, 0.15) is 0 Å². The van der Waals surface area contributed by atoms with Crippen LogP contribution in [-0.2, 0) is 13.1 Å². The molecule has 3 aromatic rings. The Hall–Kier alpha value is -2.76. The number of amides is 3. The van der Waals surface area contributed by atoms with Gasteiger partial charge in [-0.1, -0.05) is 11.6 Å². The van der Waals surface area contributed by atoms with Gasteiger partial charge in [0.05, 0.1) is 29.0 Å². The number of carbonyl (C=O) groups excluding carboxylic acids is 2. The second-order valence-corrected chi connectivity index (χ2v) is 8.37. The van der Waals surface area contributed by atoms with Gasteiger partial charge in [-0.3, -0.25) is 5.32 Å². The average Bonchev–Trinajstić information content (AvgIpc) is 3.30. The van der Waals surface area contributed by atoms with Gasteiger partial charge in [0.15, 0.2) is 10.9 Å². The van der Waals surface area contributed by atoms with Gasteiger partial charge in [0.25, 0.3) is 0 Å². The second kappa shape index (κ2) is 9.63. The van der Waals surface area contributed by atoms with E-state index in [1.54, 1.807) is 25.4 Å². The number of hydrogen-bond donors (Lipinski definition) is 2. The van der Waals surface area contributed by atoms with Crippen LogP contribution in [0.5, 0.6) is 5.75 Å². The number of nitrogens with zero attached hydrogens (tertiary/aromatic N) is 4. The molecule has 0 aliphatic heterocycles. The summed E-state index contributed by atoms with van der Waals surface area (Å²) in [5.74, 6) is 0.348. The molecule has 0 radical (unpaired) electrons. The number of anilines is 1. The number of aryl methyl sites for hydroxylation is 1. The van der Waals surface area contributed by atoms with Crippen molar-refractivity contribution in [2.75, 3.05) is 12.4 Å². The largest absolute Gasteiger partial charge is 0.415 e. The van der Waals surface area contributed by atoms with Gasteiger partial charge in [-0.2, -0.15) is 10.2 Å². The van der Waals surface area contributed by atoms with Crippen LogP contribution in [0.1, 0.15) is 16.8 Å². The number of rotatable bonds is 6. The molecule has 0 saturated carbocycles. The Balaban J connectivity index is 1.48. The number of aromatic nitrogens is 3. The molecule has 12 heteroatoms. The van der Waals surface area contributed by atoms with E-state index in [9.17, 15) is 9.59 Å². The first-order valence-electron chi connectivity index (χ1n) is 8.33. The number of nitrogens with one attached hydrogen (secondary N) is 2. The van der Waals surface area contributed by atoms with Crippen LogP contribution in [0.3, 0.4) is 0 Å². The molecule has 0 saturated heterocycles. The van der Waals surface area contributed by atoms with Crippen molar-refractivity contribution < 1.29 is 14.3 Å². The number of halogens is 1. The van der Waals surface area contributed by atoms with Crippen LogP contribution >= 0.6 is 34.3 Å². The summed E-state index contributed by atoms with van der Waals surface area (Å²) in [6.45, 7) is 2.36. The minimum atomic E-state index is -0.546. The maximum absolute atomic E-state index is 12.2. The lowest BCUT2D eigenvalue weighted by Gasteiger charge is -2.15. The molecule has 3 aromatic heterocycles. The first-order chi connectivity index (χ1) is 13.9. The van der Waals surface area contributed by atoms with Gasteiger partial charge in [0, 0.05) is 24.5 Å². The highest BCUT2D eigenvalue weighted by atomic mass is 35.5. The second-order valence-electron chi connectivity index (χ2n) is 5.97. The molecule has 0 atom stereocenters. The van der Waals surface area contributed by atoms with Gasteiger partial charge >= 0.3 is 12.1 Å². The molecule has 2 N–H and O–H groups in total. The lowest BCUT2D eigenvalue weighted by Crippen LogP contribution is -2.30. The molecule has 0 aromatic carbocycles. The van der Waals surface area contributed by atoms with Crippen molar-refractivity contribution in [3.8, 4) is 5.75 Å². The fourth-order valence-electron chi connectivity index (χ4n) is 2.16. The van der Waals surface area contributed by atoms with E-state index < -0.39 is 6.09 Å². The van der Waals surface area contributed by atoms with Gasteiger partial charge in [-0.15, -0.1) is 22.7 Å². The van der Waals surface area contributed by atoms with Crippen LogP contribution in [0.15, 0.2) is 29.2 Å². The number of urea groups is 1. The third-order valence-electron chi connectivity index (χ3n) is 3.64. The van der Waals surface area contributed by atoms with Crippen LogP contribution in [0.4, 0.5) is 14.7 Å². The zero-order valence-electron chi connectivity index (χ0n) is 15.5. The highest BCUT2D eigenvalue weighted by molar-refractivity contribution is 7.14. The Morgan fingerprint density at radius 1 is 1.24 bits per heavy atom. The fraction of sp³-hybridized carbons (Fsp3) is 0.235. The van der Waals surface area contributed by atoms with Crippen LogP contribution in [0, 0.1) is 6.92 Å². The van der Waals surface area contributed by atoms with E-state index in [1.165, 1.54) is 40.0 Å². The van der Waals surface area contributed by atoms with E-state index in [0.29, 0.717) is 33.0 Å². The Morgan fingerprint density at radius 3 is 2.76 bits per heavy atom. The Bertz CT molecular complexity index is 1010. The highest BCUT2D eigenvalue weighted by Crippen LogP contribution is 2.20. The van der Waals surface area contributed by atoms with Gasteiger partial charge < -0.3 is 15.0 Å². The van der Waals surface area contributed by atoms with E-state index >= 15 is 0 Å². The quantitative estimate of drug-likeness (QED) is 0.586. The molecule has 0 fully saturated rings. The van der Waals surface area contributed by atoms with E-state index in [1.807, 2.05) is 5.38 Å². The average molecular weight is 453 g/mol. The summed E-state index contributed by atoms with van der Waals surface area (Å²) >= 11 is 8.54.